The Bertz CT molecular complexity index is 2790. The van der Waals surface area contributed by atoms with Gasteiger partial charge < -0.3 is 36.7 Å². The summed E-state index contributed by atoms with van der Waals surface area (Å²) in [5, 5.41) is 27.6. The summed E-state index contributed by atoms with van der Waals surface area (Å²) in [5.41, 5.74) is 0.297. The molecule has 342 valence electrons. The topological polar surface area (TPSA) is 301 Å². The van der Waals surface area contributed by atoms with Crippen molar-refractivity contribution in [2.45, 2.75) is 13.1 Å². The Morgan fingerprint density at radius 3 is 1.67 bits per heavy atom. The molecule has 0 saturated heterocycles. The van der Waals surface area contributed by atoms with Crippen LogP contribution in [-0.4, -0.2) is 67.2 Å². The summed E-state index contributed by atoms with van der Waals surface area (Å²) >= 11 is 0. The lowest BCUT2D eigenvalue weighted by Crippen LogP contribution is -2.08. The quantitative estimate of drug-likeness (QED) is 0.0275. The van der Waals surface area contributed by atoms with Crippen molar-refractivity contribution < 1.29 is 52.4 Å². The van der Waals surface area contributed by atoms with Crippen molar-refractivity contribution in [1.29, 1.82) is 0 Å². The first-order chi connectivity index (χ1) is 30.6. The summed E-state index contributed by atoms with van der Waals surface area (Å²) in [6.45, 7) is 1.27. The molecule has 3 heterocycles. The normalized spacial score (nSPS) is 10.2. The number of pyridine rings is 2. The number of benzene rings is 4. The fraction of sp³-hybridized carbons (Fsp3) is 0.0909. The van der Waals surface area contributed by atoms with E-state index in [9.17, 15) is 47.8 Å². The summed E-state index contributed by atoms with van der Waals surface area (Å²) < 4.78 is 52.0. The van der Waals surface area contributed by atoms with Gasteiger partial charge in [-0.1, -0.05) is 60.7 Å². The minimum Gasteiger partial charge on any atom is -0.457 e. The largest absolute Gasteiger partial charge is 0.457 e. The molecule has 0 spiro atoms. The number of alkyl halides is 3. The Hall–Kier alpha value is -8.89. The number of halogens is 3. The van der Waals surface area contributed by atoms with Gasteiger partial charge >= 0.3 is 6.18 Å². The third-order valence-corrected chi connectivity index (χ3v) is 8.58. The highest BCUT2D eigenvalue weighted by Gasteiger charge is 2.37. The highest BCUT2D eigenvalue weighted by molar-refractivity contribution is 6.42. The molecule has 8 N–H and O–H groups in total. The van der Waals surface area contributed by atoms with Gasteiger partial charge in [0.15, 0.2) is 17.9 Å². The van der Waals surface area contributed by atoms with E-state index in [1.807, 2.05) is 0 Å². The molecule has 22 heteroatoms. The second-order valence-electron chi connectivity index (χ2n) is 12.9. The number of nitro benzene ring substituents is 2. The van der Waals surface area contributed by atoms with E-state index in [2.05, 4.69) is 30.6 Å². The van der Waals surface area contributed by atoms with Crippen LogP contribution in [0.2, 0.25) is 0 Å². The molecule has 0 atom stereocenters. The van der Waals surface area contributed by atoms with Crippen LogP contribution >= 0.6 is 0 Å². The van der Waals surface area contributed by atoms with Crippen LogP contribution in [0.15, 0.2) is 134 Å². The Balaban J connectivity index is 0.000000297. The number of carbonyl (C=O) groups is 3. The lowest BCUT2D eigenvalue weighted by Gasteiger charge is -2.08. The lowest BCUT2D eigenvalue weighted by molar-refractivity contribution is -0.384. The molecule has 0 fully saturated rings. The van der Waals surface area contributed by atoms with Crippen molar-refractivity contribution in [3.63, 3.8) is 0 Å². The van der Waals surface area contributed by atoms with Crippen LogP contribution in [0, 0.1) is 20.2 Å². The first kappa shape index (κ1) is 51.5. The van der Waals surface area contributed by atoms with Gasteiger partial charge in [-0.05, 0) is 36.4 Å². The molecule has 0 unspecified atom stereocenters. The third-order valence-electron chi connectivity index (χ3n) is 8.58. The number of nitrogens with one attached hydrogen (secondary N) is 3. The van der Waals surface area contributed by atoms with Crippen LogP contribution in [0.4, 0.5) is 35.9 Å². The zero-order chi connectivity index (χ0) is 46.4. The number of nitro groups is 2. The number of rotatable bonds is 13. The molecule has 66 heavy (non-hydrogen) atoms. The van der Waals surface area contributed by atoms with Crippen molar-refractivity contribution in [1.82, 2.24) is 26.1 Å². The van der Waals surface area contributed by atoms with E-state index in [0.717, 1.165) is 0 Å². The van der Waals surface area contributed by atoms with Gasteiger partial charge in [-0.2, -0.15) is 13.2 Å². The number of aromatic amines is 1. The van der Waals surface area contributed by atoms with Crippen LogP contribution in [0.1, 0.15) is 33.5 Å². The predicted octanol–water partition coefficient (Wildman–Crippen LogP) is 9.33. The Morgan fingerprint density at radius 2 is 1.20 bits per heavy atom. The molecule has 0 saturated carbocycles. The Morgan fingerprint density at radius 1 is 0.712 bits per heavy atom. The number of carbonyl (C=O) groups excluding carboxylic acids is 3. The summed E-state index contributed by atoms with van der Waals surface area (Å²) in [6.07, 6.45) is -1.29. The molecule has 4 aromatic carbocycles. The van der Waals surface area contributed by atoms with Crippen LogP contribution in [0.5, 0.6) is 23.0 Å². The fourth-order valence-electron chi connectivity index (χ4n) is 5.60. The molecule has 7 aromatic rings. The predicted molar refractivity (Wildman–Crippen MR) is 237 cm³/mol. The number of H-pyrrole nitrogens is 1. The standard InChI is InChI=1S/C22H16F3N5O3.C13H11N3O4.C9H8O2.H3N.H2O/c1-26-16-8-7-14(12-18(16)30(31)32)33-15-9-10-27-17(11-15)21-28-19(13-5-3-2-4-6-13)20(29-21)22(23,24)25;1-14-12-3-2-10(7-13(12)16(18)19)20-11-4-5-15-9(6-11)8-17;1-7(10)9(11)8-5-3-2-4-6-8;;/h2-12,26H,1H3,(H,28,29);2-8,14H,1H3;2-6H,1H3;1H3;1H2. The van der Waals surface area contributed by atoms with Gasteiger partial charge in [0.25, 0.3) is 11.4 Å². The first-order valence-electron chi connectivity index (χ1n) is 18.6. The van der Waals surface area contributed by atoms with E-state index < -0.39 is 33.3 Å². The van der Waals surface area contributed by atoms with Crippen LogP contribution in [0.25, 0.3) is 22.8 Å². The second-order valence-corrected chi connectivity index (χ2v) is 12.9. The summed E-state index contributed by atoms with van der Waals surface area (Å²) in [4.78, 5) is 67.7. The molecule has 3 aromatic heterocycles. The summed E-state index contributed by atoms with van der Waals surface area (Å²) in [7, 11) is 3.16. The number of imidazole rings is 1. The monoisotopic (exact) mass is 911 g/mol. The summed E-state index contributed by atoms with van der Waals surface area (Å²) in [5.74, 6) is 0.147. The van der Waals surface area contributed by atoms with Gasteiger partial charge in [-0.15, -0.1) is 0 Å². The molecule has 0 aliphatic rings. The van der Waals surface area contributed by atoms with E-state index in [-0.39, 0.29) is 57.4 Å². The SMILES string of the molecule is CC(=O)C(=O)c1ccccc1.CNc1ccc(Oc2ccnc(-c3nc(-c4ccccc4)c(C(F)(F)F)[nH]3)c2)cc1[N+](=O)[O-].CNc1ccc(Oc2ccnc(C=O)c2)cc1[N+](=O)[O-].N.O. The number of nitrogens with zero attached hydrogens (tertiary/aromatic N) is 5. The van der Waals surface area contributed by atoms with Gasteiger partial charge in [0.2, 0.25) is 5.78 Å². The maximum Gasteiger partial charge on any atom is 0.433 e. The van der Waals surface area contributed by atoms with E-state index >= 15 is 0 Å². The van der Waals surface area contributed by atoms with Gasteiger partial charge in [0.1, 0.15) is 57.1 Å². The molecule has 0 aliphatic carbocycles. The molecular weight excluding hydrogens is 872 g/mol. The van der Waals surface area contributed by atoms with Gasteiger partial charge in [-0.25, -0.2) is 4.98 Å². The van der Waals surface area contributed by atoms with E-state index in [4.69, 9.17) is 9.47 Å². The number of hydrogen-bond acceptors (Lipinski definition) is 15. The Kier molecular flexibility index (Phi) is 18.3. The number of aromatic nitrogens is 4. The van der Waals surface area contributed by atoms with Crippen LogP contribution < -0.4 is 26.3 Å². The smallest absolute Gasteiger partial charge is 0.433 e. The second kappa shape index (κ2) is 23.5. The highest BCUT2D eigenvalue weighted by atomic mass is 19.4. The molecule has 0 amide bonds. The Labute approximate surface area is 372 Å². The van der Waals surface area contributed by atoms with Gasteiger partial charge in [0.05, 0.1) is 22.0 Å². The zero-order valence-corrected chi connectivity index (χ0v) is 35.0. The molecule has 7 rings (SSSR count). The highest BCUT2D eigenvalue weighted by Crippen LogP contribution is 2.38. The maximum absolute atomic E-state index is 13.6. The lowest BCUT2D eigenvalue weighted by atomic mass is 10.1. The molecular formula is C44H40F3N9O10. The number of aldehydes is 1. The van der Waals surface area contributed by atoms with Crippen molar-refractivity contribution in [3.05, 3.63) is 171 Å². The third kappa shape index (κ3) is 13.6. The van der Waals surface area contributed by atoms with Gasteiger partial charge in [0, 0.05) is 56.7 Å². The number of ketones is 2. The molecule has 19 nitrogen and oxygen atoms in total. The van der Waals surface area contributed by atoms with Crippen molar-refractivity contribution in [2.24, 2.45) is 0 Å². The van der Waals surface area contributed by atoms with Crippen LogP contribution in [-0.2, 0) is 11.0 Å². The van der Waals surface area contributed by atoms with Crippen LogP contribution in [0.3, 0.4) is 0 Å². The average Bonchev–Trinajstić information content (AvgIpc) is 3.77. The number of Topliss-reactive ketones (excluding diaryl/α,β-unsaturated/α-hetero) is 2. The van der Waals surface area contributed by atoms with Crippen molar-refractivity contribution in [2.75, 3.05) is 24.7 Å². The zero-order valence-electron chi connectivity index (χ0n) is 35.0. The van der Waals surface area contributed by atoms with Gasteiger partial charge in [-0.3, -0.25) is 44.6 Å². The number of anilines is 2. The minimum atomic E-state index is -4.65. The molecule has 0 radical (unpaired) electrons. The van der Waals surface area contributed by atoms with Crippen molar-refractivity contribution in [3.8, 4) is 45.8 Å². The minimum absolute atomic E-state index is 0. The maximum atomic E-state index is 13.6. The van der Waals surface area contributed by atoms with E-state index in [1.165, 1.54) is 73.9 Å². The average molecular weight is 912 g/mol. The fourth-order valence-corrected chi connectivity index (χ4v) is 5.60. The number of hydrogen-bond donors (Lipinski definition) is 4. The van der Waals surface area contributed by atoms with Crippen molar-refractivity contribution >= 4 is 40.6 Å². The molecule has 0 bridgehead atoms. The summed E-state index contributed by atoms with van der Waals surface area (Å²) in [6, 6.07) is 31.1. The van der Waals surface area contributed by atoms with E-state index in [1.54, 1.807) is 80.8 Å². The first-order valence-corrected chi connectivity index (χ1v) is 18.6. The van der Waals surface area contributed by atoms with E-state index in [0.29, 0.717) is 40.3 Å². The number of ether oxygens (including phenoxy) is 2. The molecule has 0 aliphatic heterocycles.